The molecule has 2 N–H and O–H groups in total. The number of aliphatic hydroxyl groups excluding tert-OH is 1. The highest BCUT2D eigenvalue weighted by Crippen LogP contribution is 2.26. The predicted octanol–water partition coefficient (Wildman–Crippen LogP) is 1.97. The summed E-state index contributed by atoms with van der Waals surface area (Å²) in [7, 11) is -3.60. The molecule has 0 aliphatic carbocycles. The fraction of sp³-hybridized carbons (Fsp3) is 0.571. The molecule has 0 radical (unpaired) electrons. The van der Waals surface area contributed by atoms with Crippen LogP contribution in [0.15, 0.2) is 11.0 Å². The van der Waals surface area contributed by atoms with E-state index in [0.717, 1.165) is 22.3 Å². The minimum Gasteiger partial charge on any atom is -0.395 e. The molecule has 0 saturated heterocycles. The highest BCUT2D eigenvalue weighted by molar-refractivity contribution is 7.89. The second-order valence-corrected chi connectivity index (χ2v) is 6.65. The second kappa shape index (κ2) is 6.03. The Labute approximate surface area is 115 Å². The molecule has 0 bridgehead atoms. The smallest absolute Gasteiger partial charge is 0.241 e. The largest absolute Gasteiger partial charge is 0.395 e. The Kier molecular flexibility index (Phi) is 5.12. The third-order valence-electron chi connectivity index (χ3n) is 3.60. The van der Waals surface area contributed by atoms with Crippen LogP contribution in [0.4, 0.5) is 0 Å². The van der Waals surface area contributed by atoms with Crippen molar-refractivity contribution in [2.75, 3.05) is 6.61 Å². The minimum atomic E-state index is -3.60. The summed E-state index contributed by atoms with van der Waals surface area (Å²) in [6, 6.07) is 1.55. The topological polar surface area (TPSA) is 66.4 Å². The van der Waals surface area contributed by atoms with Gasteiger partial charge in [0.2, 0.25) is 10.0 Å². The van der Waals surface area contributed by atoms with E-state index in [4.69, 9.17) is 5.11 Å². The molecule has 0 fully saturated rings. The van der Waals surface area contributed by atoms with Gasteiger partial charge in [-0.1, -0.05) is 13.0 Å². The average molecular weight is 285 g/mol. The van der Waals surface area contributed by atoms with Gasteiger partial charge in [-0.25, -0.2) is 13.1 Å². The van der Waals surface area contributed by atoms with Crippen molar-refractivity contribution in [3.8, 4) is 0 Å². The minimum absolute atomic E-state index is 0.196. The molecule has 1 rings (SSSR count). The van der Waals surface area contributed by atoms with Gasteiger partial charge in [-0.2, -0.15) is 0 Å². The SMILES string of the molecule is CCC(CO)NS(=O)(=O)c1c(C)c(C)cc(C)c1C. The molecular weight excluding hydrogens is 262 g/mol. The number of sulfonamides is 1. The van der Waals surface area contributed by atoms with Gasteiger partial charge in [-0.15, -0.1) is 0 Å². The summed E-state index contributed by atoms with van der Waals surface area (Å²) in [4.78, 5) is 0.344. The van der Waals surface area contributed by atoms with Crippen molar-refractivity contribution in [1.29, 1.82) is 0 Å². The van der Waals surface area contributed by atoms with Crippen LogP contribution >= 0.6 is 0 Å². The van der Waals surface area contributed by atoms with Gasteiger partial charge in [0.15, 0.2) is 0 Å². The molecule has 0 aliphatic heterocycles. The Balaban J connectivity index is 3.37. The zero-order chi connectivity index (χ0) is 14.8. The van der Waals surface area contributed by atoms with Crippen molar-refractivity contribution in [3.05, 3.63) is 28.3 Å². The maximum Gasteiger partial charge on any atom is 0.241 e. The number of hydrogen-bond acceptors (Lipinski definition) is 3. The van der Waals surface area contributed by atoms with E-state index in [1.165, 1.54) is 0 Å². The highest BCUT2D eigenvalue weighted by atomic mass is 32.2. The summed E-state index contributed by atoms with van der Waals surface area (Å²) in [5.41, 5.74) is 3.45. The van der Waals surface area contributed by atoms with E-state index >= 15 is 0 Å². The summed E-state index contributed by atoms with van der Waals surface area (Å²) in [6.45, 7) is 9.09. The Bertz CT molecular complexity index is 534. The molecule has 0 saturated carbocycles. The van der Waals surface area contributed by atoms with Crippen molar-refractivity contribution in [2.45, 2.75) is 52.0 Å². The molecule has 19 heavy (non-hydrogen) atoms. The molecule has 1 aromatic carbocycles. The molecule has 0 spiro atoms. The third kappa shape index (κ3) is 3.35. The van der Waals surface area contributed by atoms with Crippen molar-refractivity contribution < 1.29 is 13.5 Å². The Morgan fingerprint density at radius 3 is 2.00 bits per heavy atom. The molecule has 0 amide bonds. The molecule has 0 aromatic heterocycles. The van der Waals surface area contributed by atoms with Gasteiger partial charge in [0.25, 0.3) is 0 Å². The normalized spacial score (nSPS) is 13.6. The van der Waals surface area contributed by atoms with Crippen LogP contribution in [0.25, 0.3) is 0 Å². The molecule has 1 unspecified atom stereocenters. The van der Waals surface area contributed by atoms with Crippen LogP contribution in [0.2, 0.25) is 0 Å². The van der Waals surface area contributed by atoms with E-state index in [0.29, 0.717) is 11.3 Å². The zero-order valence-electron chi connectivity index (χ0n) is 12.2. The Morgan fingerprint density at radius 1 is 1.16 bits per heavy atom. The number of hydrogen-bond donors (Lipinski definition) is 2. The van der Waals surface area contributed by atoms with Crippen LogP contribution < -0.4 is 4.72 Å². The number of aliphatic hydroxyl groups is 1. The molecular formula is C14H23NO3S. The maximum absolute atomic E-state index is 12.5. The molecule has 5 heteroatoms. The van der Waals surface area contributed by atoms with Crippen LogP contribution in [0, 0.1) is 27.7 Å². The third-order valence-corrected chi connectivity index (χ3v) is 5.39. The Morgan fingerprint density at radius 2 is 1.63 bits per heavy atom. The first-order valence-corrected chi connectivity index (χ1v) is 7.93. The van der Waals surface area contributed by atoms with E-state index in [1.807, 2.05) is 40.7 Å². The van der Waals surface area contributed by atoms with E-state index in [1.54, 1.807) is 0 Å². The number of nitrogens with one attached hydrogen (secondary N) is 1. The van der Waals surface area contributed by atoms with E-state index in [9.17, 15) is 8.42 Å². The monoisotopic (exact) mass is 285 g/mol. The first-order valence-electron chi connectivity index (χ1n) is 6.45. The van der Waals surface area contributed by atoms with Crippen LogP contribution in [0.1, 0.15) is 35.6 Å². The maximum atomic E-state index is 12.5. The summed E-state index contributed by atoms with van der Waals surface area (Å²) in [5.74, 6) is 0. The van der Waals surface area contributed by atoms with Gasteiger partial charge in [-0.05, 0) is 56.4 Å². The van der Waals surface area contributed by atoms with Crippen LogP contribution in [0.3, 0.4) is 0 Å². The molecule has 0 aliphatic rings. The van der Waals surface area contributed by atoms with E-state index < -0.39 is 16.1 Å². The summed E-state index contributed by atoms with van der Waals surface area (Å²) >= 11 is 0. The van der Waals surface area contributed by atoms with Crippen molar-refractivity contribution in [3.63, 3.8) is 0 Å². The van der Waals surface area contributed by atoms with Crippen LogP contribution in [-0.2, 0) is 10.0 Å². The molecule has 4 nitrogen and oxygen atoms in total. The second-order valence-electron chi connectivity index (χ2n) is 5.00. The van der Waals surface area contributed by atoms with Gasteiger partial charge in [0, 0.05) is 6.04 Å². The fourth-order valence-corrected chi connectivity index (χ4v) is 4.04. The molecule has 108 valence electrons. The molecule has 1 aromatic rings. The lowest BCUT2D eigenvalue weighted by molar-refractivity contribution is 0.254. The first kappa shape index (κ1) is 16.1. The number of rotatable bonds is 5. The van der Waals surface area contributed by atoms with Gasteiger partial charge >= 0.3 is 0 Å². The quantitative estimate of drug-likeness (QED) is 0.869. The van der Waals surface area contributed by atoms with Crippen LogP contribution in [-0.4, -0.2) is 26.2 Å². The first-order chi connectivity index (χ1) is 8.74. The standard InChI is InChI=1S/C14H23NO3S/c1-6-13(8-16)15-19(17,18)14-11(4)9(2)7-10(3)12(14)5/h7,13,15-16H,6,8H2,1-5H3. The molecule has 0 heterocycles. The predicted molar refractivity (Wildman–Crippen MR) is 76.9 cm³/mol. The van der Waals surface area contributed by atoms with Gasteiger partial charge in [0.05, 0.1) is 11.5 Å². The van der Waals surface area contributed by atoms with Gasteiger partial charge < -0.3 is 5.11 Å². The lowest BCUT2D eigenvalue weighted by Crippen LogP contribution is -2.37. The van der Waals surface area contributed by atoms with Crippen LogP contribution in [0.5, 0.6) is 0 Å². The van der Waals surface area contributed by atoms with Gasteiger partial charge in [-0.3, -0.25) is 0 Å². The summed E-state index contributed by atoms with van der Waals surface area (Å²) in [5, 5.41) is 9.16. The van der Waals surface area contributed by atoms with Crippen molar-refractivity contribution in [2.24, 2.45) is 0 Å². The van der Waals surface area contributed by atoms with Crippen molar-refractivity contribution >= 4 is 10.0 Å². The van der Waals surface area contributed by atoms with Gasteiger partial charge in [0.1, 0.15) is 0 Å². The molecule has 1 atom stereocenters. The zero-order valence-corrected chi connectivity index (χ0v) is 13.1. The lowest BCUT2D eigenvalue weighted by Gasteiger charge is -2.19. The van der Waals surface area contributed by atoms with Crippen molar-refractivity contribution in [1.82, 2.24) is 4.72 Å². The lowest BCUT2D eigenvalue weighted by atomic mass is 10.0. The number of aryl methyl sites for hydroxylation is 2. The Hall–Kier alpha value is -0.910. The summed E-state index contributed by atoms with van der Waals surface area (Å²) in [6.07, 6.45) is 0.554. The fourth-order valence-electron chi connectivity index (χ4n) is 2.11. The van der Waals surface area contributed by atoms with E-state index in [2.05, 4.69) is 4.72 Å². The number of benzene rings is 1. The average Bonchev–Trinajstić information content (AvgIpc) is 2.33. The summed E-state index contributed by atoms with van der Waals surface area (Å²) < 4.78 is 27.5. The highest BCUT2D eigenvalue weighted by Gasteiger charge is 2.24. The van der Waals surface area contributed by atoms with E-state index in [-0.39, 0.29) is 6.61 Å².